The second-order valence-electron chi connectivity index (χ2n) is 6.89. The SMILES string of the molecule is COc1ccc(NC(=O)CC[C@@H]2CCCN(Cc3nnc(C)o3)C2)cc1Cl. The van der Waals surface area contributed by atoms with Crippen LogP contribution in [0.1, 0.15) is 37.5 Å². The molecule has 8 heteroatoms. The van der Waals surface area contributed by atoms with E-state index in [2.05, 4.69) is 20.4 Å². The second kappa shape index (κ2) is 9.19. The van der Waals surface area contributed by atoms with E-state index in [4.69, 9.17) is 20.8 Å². The average Bonchev–Trinajstić information content (AvgIpc) is 3.05. The topological polar surface area (TPSA) is 80.5 Å². The number of halogens is 1. The third-order valence-electron chi connectivity index (χ3n) is 4.75. The predicted octanol–water partition coefficient (Wildman–Crippen LogP) is 3.67. The average molecular weight is 393 g/mol. The molecule has 1 aliphatic heterocycles. The number of benzene rings is 1. The molecule has 1 aromatic heterocycles. The van der Waals surface area contributed by atoms with Gasteiger partial charge in [0.15, 0.2) is 0 Å². The Hall–Kier alpha value is -2.12. The number of methoxy groups -OCH3 is 1. The van der Waals surface area contributed by atoms with Crippen LogP contribution in [0.25, 0.3) is 0 Å². The first-order chi connectivity index (χ1) is 13.0. The Morgan fingerprint density at radius 1 is 1.44 bits per heavy atom. The second-order valence-corrected chi connectivity index (χ2v) is 7.30. The van der Waals surface area contributed by atoms with E-state index in [0.29, 0.717) is 47.1 Å². The molecule has 0 saturated carbocycles. The Morgan fingerprint density at radius 2 is 2.30 bits per heavy atom. The van der Waals surface area contributed by atoms with Gasteiger partial charge in [0.2, 0.25) is 17.7 Å². The maximum atomic E-state index is 12.3. The maximum absolute atomic E-state index is 12.3. The van der Waals surface area contributed by atoms with Gasteiger partial charge in [0, 0.05) is 25.6 Å². The van der Waals surface area contributed by atoms with Crippen LogP contribution in [0.4, 0.5) is 5.69 Å². The maximum Gasteiger partial charge on any atom is 0.230 e. The number of amides is 1. The number of hydrogen-bond donors (Lipinski definition) is 1. The van der Waals surface area contributed by atoms with Crippen molar-refractivity contribution < 1.29 is 13.9 Å². The zero-order valence-electron chi connectivity index (χ0n) is 15.7. The molecule has 1 saturated heterocycles. The van der Waals surface area contributed by atoms with Gasteiger partial charge in [0.1, 0.15) is 5.75 Å². The smallest absolute Gasteiger partial charge is 0.230 e. The number of carbonyl (C=O) groups is 1. The number of nitrogens with zero attached hydrogens (tertiary/aromatic N) is 3. The molecule has 146 valence electrons. The molecule has 2 heterocycles. The summed E-state index contributed by atoms with van der Waals surface area (Å²) in [5.74, 6) is 2.33. The quantitative estimate of drug-likeness (QED) is 0.774. The van der Waals surface area contributed by atoms with Crippen LogP contribution in [0.15, 0.2) is 22.6 Å². The molecule has 0 bridgehead atoms. The van der Waals surface area contributed by atoms with E-state index in [0.717, 1.165) is 32.4 Å². The summed E-state index contributed by atoms with van der Waals surface area (Å²) in [6.45, 7) is 4.44. The van der Waals surface area contributed by atoms with Crippen molar-refractivity contribution in [2.24, 2.45) is 5.92 Å². The van der Waals surface area contributed by atoms with Crippen molar-refractivity contribution in [3.05, 3.63) is 35.0 Å². The van der Waals surface area contributed by atoms with E-state index in [1.807, 2.05) is 0 Å². The lowest BCUT2D eigenvalue weighted by atomic mass is 9.93. The molecular formula is C19H25ClN4O3. The summed E-state index contributed by atoms with van der Waals surface area (Å²) >= 11 is 6.10. The lowest BCUT2D eigenvalue weighted by Gasteiger charge is -2.31. The Morgan fingerprint density at radius 3 is 3.00 bits per heavy atom. The van der Waals surface area contributed by atoms with Gasteiger partial charge in [-0.1, -0.05) is 11.6 Å². The van der Waals surface area contributed by atoms with E-state index < -0.39 is 0 Å². The van der Waals surface area contributed by atoms with Crippen molar-refractivity contribution in [2.45, 2.75) is 39.2 Å². The summed E-state index contributed by atoms with van der Waals surface area (Å²) in [5, 5.41) is 11.3. The van der Waals surface area contributed by atoms with Gasteiger partial charge in [-0.2, -0.15) is 0 Å². The van der Waals surface area contributed by atoms with Crippen LogP contribution < -0.4 is 10.1 Å². The fourth-order valence-electron chi connectivity index (χ4n) is 3.43. The largest absolute Gasteiger partial charge is 0.495 e. The van der Waals surface area contributed by atoms with Crippen molar-refractivity contribution in [3.63, 3.8) is 0 Å². The van der Waals surface area contributed by atoms with Crippen molar-refractivity contribution >= 4 is 23.2 Å². The number of carbonyl (C=O) groups excluding carboxylic acids is 1. The van der Waals surface area contributed by atoms with Gasteiger partial charge >= 0.3 is 0 Å². The number of nitrogens with one attached hydrogen (secondary N) is 1. The molecule has 0 aliphatic carbocycles. The summed E-state index contributed by atoms with van der Waals surface area (Å²) in [7, 11) is 1.56. The van der Waals surface area contributed by atoms with Crippen LogP contribution in [0.2, 0.25) is 5.02 Å². The zero-order valence-corrected chi connectivity index (χ0v) is 16.5. The summed E-state index contributed by atoms with van der Waals surface area (Å²) in [6.07, 6.45) is 3.60. The van der Waals surface area contributed by atoms with Crippen molar-refractivity contribution in [1.29, 1.82) is 0 Å². The Bertz CT molecular complexity index is 780. The van der Waals surface area contributed by atoms with Crippen LogP contribution in [0.5, 0.6) is 5.75 Å². The highest BCUT2D eigenvalue weighted by Crippen LogP contribution is 2.27. The molecule has 0 unspecified atom stereocenters. The van der Waals surface area contributed by atoms with Crippen LogP contribution in [0, 0.1) is 12.8 Å². The summed E-state index contributed by atoms with van der Waals surface area (Å²) in [4.78, 5) is 14.6. The van der Waals surface area contributed by atoms with Gasteiger partial charge < -0.3 is 14.5 Å². The number of likely N-dealkylation sites (tertiary alicyclic amines) is 1. The van der Waals surface area contributed by atoms with E-state index in [1.165, 1.54) is 0 Å². The molecule has 0 radical (unpaired) electrons. The number of aromatic nitrogens is 2. The molecule has 27 heavy (non-hydrogen) atoms. The van der Waals surface area contributed by atoms with Gasteiger partial charge in [-0.05, 0) is 49.9 Å². The van der Waals surface area contributed by atoms with E-state index in [1.54, 1.807) is 32.2 Å². The normalized spacial score (nSPS) is 17.7. The van der Waals surface area contributed by atoms with Gasteiger partial charge in [-0.25, -0.2) is 0 Å². The Labute approximate surface area is 164 Å². The van der Waals surface area contributed by atoms with Crippen LogP contribution in [0.3, 0.4) is 0 Å². The van der Waals surface area contributed by atoms with Gasteiger partial charge in [-0.3, -0.25) is 9.69 Å². The highest BCUT2D eigenvalue weighted by Gasteiger charge is 2.22. The summed E-state index contributed by atoms with van der Waals surface area (Å²) < 4.78 is 10.6. The fourth-order valence-corrected chi connectivity index (χ4v) is 3.68. The van der Waals surface area contributed by atoms with Gasteiger partial charge in [0.25, 0.3) is 0 Å². The fraction of sp³-hybridized carbons (Fsp3) is 0.526. The standard InChI is InChI=1S/C19H25ClN4O3/c1-13-22-23-19(27-13)12-24-9-3-4-14(11-24)5-8-18(25)21-15-6-7-17(26-2)16(20)10-15/h6-7,10,14H,3-5,8-9,11-12H2,1-2H3,(H,21,25)/t14-/m0/s1. The van der Waals surface area contributed by atoms with E-state index in [-0.39, 0.29) is 5.91 Å². The first-order valence-electron chi connectivity index (χ1n) is 9.18. The Balaban J connectivity index is 1.44. The van der Waals surface area contributed by atoms with Gasteiger partial charge in [0.05, 0.1) is 18.7 Å². The molecule has 1 aromatic carbocycles. The molecule has 1 atom stereocenters. The molecule has 7 nitrogen and oxygen atoms in total. The lowest BCUT2D eigenvalue weighted by molar-refractivity contribution is -0.116. The Kier molecular flexibility index (Phi) is 6.68. The van der Waals surface area contributed by atoms with Crippen LogP contribution >= 0.6 is 11.6 Å². The first kappa shape index (κ1) is 19.6. The van der Waals surface area contributed by atoms with E-state index >= 15 is 0 Å². The van der Waals surface area contributed by atoms with Crippen LogP contribution in [-0.2, 0) is 11.3 Å². The summed E-state index contributed by atoms with van der Waals surface area (Å²) in [6, 6.07) is 5.24. The number of piperidine rings is 1. The minimum atomic E-state index is 0.000818. The molecule has 1 aliphatic rings. The third-order valence-corrected chi connectivity index (χ3v) is 5.04. The molecule has 1 N–H and O–H groups in total. The third kappa shape index (κ3) is 5.68. The number of anilines is 1. The lowest BCUT2D eigenvalue weighted by Crippen LogP contribution is -2.35. The molecule has 3 rings (SSSR count). The number of hydrogen-bond acceptors (Lipinski definition) is 6. The first-order valence-corrected chi connectivity index (χ1v) is 9.56. The van der Waals surface area contributed by atoms with Crippen LogP contribution in [-0.4, -0.2) is 41.2 Å². The molecule has 2 aromatic rings. The molecular weight excluding hydrogens is 368 g/mol. The number of ether oxygens (including phenoxy) is 1. The highest BCUT2D eigenvalue weighted by atomic mass is 35.5. The monoisotopic (exact) mass is 392 g/mol. The van der Waals surface area contributed by atoms with E-state index in [9.17, 15) is 4.79 Å². The molecule has 0 spiro atoms. The number of aryl methyl sites for hydroxylation is 1. The zero-order chi connectivity index (χ0) is 19.2. The minimum absolute atomic E-state index is 0.000818. The van der Waals surface area contributed by atoms with Crippen molar-refractivity contribution in [3.8, 4) is 5.75 Å². The van der Waals surface area contributed by atoms with Crippen molar-refractivity contribution in [1.82, 2.24) is 15.1 Å². The summed E-state index contributed by atoms with van der Waals surface area (Å²) in [5.41, 5.74) is 0.683. The highest BCUT2D eigenvalue weighted by molar-refractivity contribution is 6.32. The predicted molar refractivity (Wildman–Crippen MR) is 103 cm³/mol. The minimum Gasteiger partial charge on any atom is -0.495 e. The van der Waals surface area contributed by atoms with Crippen molar-refractivity contribution in [2.75, 3.05) is 25.5 Å². The molecule has 1 amide bonds. The molecule has 1 fully saturated rings. The number of rotatable bonds is 7. The van der Waals surface area contributed by atoms with Gasteiger partial charge in [-0.15, -0.1) is 10.2 Å².